The Kier molecular flexibility index (Phi) is 4.44. The van der Waals surface area contributed by atoms with Gasteiger partial charge in [0.15, 0.2) is 0 Å². The Labute approximate surface area is 120 Å². The molecule has 19 heavy (non-hydrogen) atoms. The largest absolute Gasteiger partial charge is 0.383 e. The third-order valence-electron chi connectivity index (χ3n) is 2.96. The highest BCUT2D eigenvalue weighted by atomic mass is 79.9. The van der Waals surface area contributed by atoms with Crippen molar-refractivity contribution in [2.75, 3.05) is 12.3 Å². The molecular weight excluding hydrogens is 334 g/mol. The van der Waals surface area contributed by atoms with Crippen LogP contribution in [0.2, 0.25) is 0 Å². The molecule has 2 rings (SSSR count). The van der Waals surface area contributed by atoms with Crippen molar-refractivity contribution in [3.63, 3.8) is 0 Å². The fourth-order valence-electron chi connectivity index (χ4n) is 1.96. The van der Waals surface area contributed by atoms with Crippen LogP contribution in [0.15, 0.2) is 21.6 Å². The summed E-state index contributed by atoms with van der Waals surface area (Å²) in [5.74, 6) is -0.00335. The summed E-state index contributed by atoms with van der Waals surface area (Å²) in [6.45, 7) is 2.57. The Hall–Kier alpha value is -0.700. The number of rotatable bonds is 5. The highest BCUT2D eigenvalue weighted by Gasteiger charge is 2.33. The van der Waals surface area contributed by atoms with E-state index in [1.54, 1.807) is 0 Å². The monoisotopic (exact) mass is 349 g/mol. The zero-order valence-electron chi connectivity index (χ0n) is 10.5. The number of nitrogen functional groups attached to an aromatic ring is 1. The average molecular weight is 350 g/mol. The highest BCUT2D eigenvalue weighted by molar-refractivity contribution is 9.10. The molecule has 106 valence electrons. The fourth-order valence-corrected chi connectivity index (χ4v) is 3.81. The van der Waals surface area contributed by atoms with Crippen molar-refractivity contribution < 1.29 is 13.2 Å². The van der Waals surface area contributed by atoms with E-state index in [1.807, 2.05) is 6.92 Å². The van der Waals surface area contributed by atoms with E-state index >= 15 is 0 Å². The van der Waals surface area contributed by atoms with E-state index in [2.05, 4.69) is 25.6 Å². The van der Waals surface area contributed by atoms with Crippen LogP contribution in [0, 0.1) is 0 Å². The van der Waals surface area contributed by atoms with Crippen LogP contribution < -0.4 is 10.5 Å². The van der Waals surface area contributed by atoms with Crippen molar-refractivity contribution in [1.82, 2.24) is 9.71 Å². The van der Waals surface area contributed by atoms with Crippen molar-refractivity contribution >= 4 is 31.8 Å². The molecule has 0 radical (unpaired) electrons. The lowest BCUT2D eigenvalue weighted by molar-refractivity contribution is -0.00475. The van der Waals surface area contributed by atoms with Crippen molar-refractivity contribution in [2.24, 2.45) is 0 Å². The zero-order valence-corrected chi connectivity index (χ0v) is 12.9. The molecule has 0 atom stereocenters. The lowest BCUT2D eigenvalue weighted by Gasteiger charge is -2.35. The number of pyridine rings is 1. The van der Waals surface area contributed by atoms with Crippen molar-refractivity contribution in [2.45, 2.75) is 36.8 Å². The third-order valence-corrected chi connectivity index (χ3v) is 4.94. The van der Waals surface area contributed by atoms with E-state index in [0.29, 0.717) is 23.9 Å². The summed E-state index contributed by atoms with van der Waals surface area (Å²) in [4.78, 5) is 3.83. The first-order chi connectivity index (χ1) is 8.92. The minimum absolute atomic E-state index is 0.00161. The van der Waals surface area contributed by atoms with Gasteiger partial charge in [-0.2, -0.15) is 0 Å². The molecule has 1 saturated carbocycles. The first kappa shape index (κ1) is 14.7. The molecule has 0 saturated heterocycles. The lowest BCUT2D eigenvalue weighted by atomic mass is 9.90. The minimum atomic E-state index is -3.63. The molecule has 1 fully saturated rings. The fraction of sp³-hybridized carbons (Fsp3) is 0.545. The second-order valence-corrected chi connectivity index (χ2v) is 7.00. The molecule has 0 unspecified atom stereocenters. The van der Waals surface area contributed by atoms with Gasteiger partial charge in [-0.15, -0.1) is 0 Å². The Morgan fingerprint density at radius 2 is 2.26 bits per heavy atom. The van der Waals surface area contributed by atoms with Crippen LogP contribution in [0.1, 0.15) is 19.8 Å². The first-order valence-electron chi connectivity index (χ1n) is 5.97. The number of nitrogens with zero attached hydrogens (tertiary/aromatic N) is 1. The van der Waals surface area contributed by atoms with Crippen LogP contribution in [-0.2, 0) is 14.8 Å². The van der Waals surface area contributed by atoms with Gasteiger partial charge in [-0.05, 0) is 41.8 Å². The molecule has 6 nitrogen and oxygen atoms in total. The number of ether oxygens (including phenoxy) is 1. The molecule has 0 aliphatic heterocycles. The molecule has 1 aromatic rings. The van der Waals surface area contributed by atoms with Crippen LogP contribution >= 0.6 is 15.9 Å². The Balaban J connectivity index is 2.05. The Morgan fingerprint density at radius 1 is 1.58 bits per heavy atom. The van der Waals surface area contributed by atoms with Crippen LogP contribution in [-0.4, -0.2) is 32.2 Å². The van der Waals surface area contributed by atoms with Crippen LogP contribution in [0.3, 0.4) is 0 Å². The second kappa shape index (κ2) is 5.74. The van der Waals surface area contributed by atoms with Gasteiger partial charge in [0.1, 0.15) is 10.7 Å². The summed E-state index contributed by atoms with van der Waals surface area (Å²) in [6, 6.07) is 1.35. The van der Waals surface area contributed by atoms with Crippen molar-refractivity contribution in [1.29, 1.82) is 0 Å². The number of aromatic nitrogens is 1. The molecule has 0 spiro atoms. The third kappa shape index (κ3) is 3.44. The normalized spacial score (nSPS) is 23.1. The molecule has 3 N–H and O–H groups in total. The maximum absolute atomic E-state index is 12.2. The smallest absolute Gasteiger partial charge is 0.244 e. The van der Waals surface area contributed by atoms with Crippen LogP contribution in [0.5, 0.6) is 0 Å². The van der Waals surface area contributed by atoms with Gasteiger partial charge in [-0.25, -0.2) is 18.1 Å². The molecule has 1 aliphatic carbocycles. The van der Waals surface area contributed by atoms with E-state index in [4.69, 9.17) is 10.5 Å². The highest BCUT2D eigenvalue weighted by Crippen LogP contribution is 2.27. The topological polar surface area (TPSA) is 94.3 Å². The number of hydrogen-bond acceptors (Lipinski definition) is 5. The minimum Gasteiger partial charge on any atom is -0.383 e. The van der Waals surface area contributed by atoms with E-state index in [-0.39, 0.29) is 22.9 Å². The summed E-state index contributed by atoms with van der Waals surface area (Å²) < 4.78 is 32.9. The summed E-state index contributed by atoms with van der Waals surface area (Å²) in [5.41, 5.74) is 5.61. The molecule has 1 aromatic heterocycles. The maximum Gasteiger partial charge on any atom is 0.244 e. The van der Waals surface area contributed by atoms with Gasteiger partial charge < -0.3 is 10.5 Å². The molecule has 0 aromatic carbocycles. The molecule has 8 heteroatoms. The maximum atomic E-state index is 12.2. The standard InChI is InChI=1S/C11H16BrN3O3S/c1-2-18-9-4-8(5-9)15-19(16,17)10-3-7(12)6-14-11(10)13/h3,6,8-9,15H,2,4-5H2,1H3,(H2,13,14). The lowest BCUT2D eigenvalue weighted by Crippen LogP contribution is -2.47. The van der Waals surface area contributed by atoms with Gasteiger partial charge in [0.05, 0.1) is 6.10 Å². The predicted molar refractivity (Wildman–Crippen MR) is 75.1 cm³/mol. The number of halogens is 1. The molecular formula is C11H16BrN3O3S. The quantitative estimate of drug-likeness (QED) is 0.834. The Morgan fingerprint density at radius 3 is 2.89 bits per heavy atom. The number of hydrogen-bond donors (Lipinski definition) is 2. The van der Waals surface area contributed by atoms with Gasteiger partial charge in [0, 0.05) is 23.3 Å². The van der Waals surface area contributed by atoms with Gasteiger partial charge in [0.25, 0.3) is 0 Å². The van der Waals surface area contributed by atoms with Gasteiger partial charge >= 0.3 is 0 Å². The van der Waals surface area contributed by atoms with E-state index in [0.717, 1.165) is 0 Å². The SMILES string of the molecule is CCOC1CC(NS(=O)(=O)c2cc(Br)cnc2N)C1. The van der Waals surface area contributed by atoms with E-state index in [9.17, 15) is 8.42 Å². The molecule has 0 amide bonds. The Bertz CT molecular complexity index is 558. The number of sulfonamides is 1. The van der Waals surface area contributed by atoms with Crippen molar-refractivity contribution in [3.05, 3.63) is 16.7 Å². The van der Waals surface area contributed by atoms with E-state index in [1.165, 1.54) is 12.3 Å². The average Bonchev–Trinajstić information content (AvgIpc) is 2.29. The number of nitrogens with two attached hydrogens (primary N) is 1. The molecule has 1 aliphatic rings. The van der Waals surface area contributed by atoms with Crippen molar-refractivity contribution in [3.8, 4) is 0 Å². The van der Waals surface area contributed by atoms with Gasteiger partial charge in [0.2, 0.25) is 10.0 Å². The molecule has 1 heterocycles. The molecule has 0 bridgehead atoms. The van der Waals surface area contributed by atoms with Crippen LogP contribution in [0.25, 0.3) is 0 Å². The summed E-state index contributed by atoms with van der Waals surface area (Å²) >= 11 is 3.19. The number of anilines is 1. The number of nitrogens with one attached hydrogen (secondary N) is 1. The van der Waals surface area contributed by atoms with Crippen LogP contribution in [0.4, 0.5) is 5.82 Å². The van der Waals surface area contributed by atoms with Gasteiger partial charge in [-0.1, -0.05) is 0 Å². The summed E-state index contributed by atoms with van der Waals surface area (Å²) in [7, 11) is -3.63. The predicted octanol–water partition coefficient (Wildman–Crippen LogP) is 1.27. The summed E-state index contributed by atoms with van der Waals surface area (Å²) in [5, 5.41) is 0. The second-order valence-electron chi connectivity index (χ2n) is 4.40. The zero-order chi connectivity index (χ0) is 14.0. The van der Waals surface area contributed by atoms with Gasteiger partial charge in [-0.3, -0.25) is 0 Å². The van der Waals surface area contributed by atoms with E-state index < -0.39 is 10.0 Å². The first-order valence-corrected chi connectivity index (χ1v) is 8.25. The summed E-state index contributed by atoms with van der Waals surface area (Å²) in [6.07, 6.45) is 2.99.